The zero-order valence-electron chi connectivity index (χ0n) is 13.2. The van der Waals surface area contributed by atoms with E-state index in [0.29, 0.717) is 13.2 Å². The molecule has 0 atom stereocenters. The van der Waals surface area contributed by atoms with E-state index in [1.165, 1.54) is 13.8 Å². The number of unbranched alkanes of at least 4 members (excludes halogenated alkanes) is 1. The molecule has 0 spiro atoms. The first-order chi connectivity index (χ1) is 9.65. The van der Waals surface area contributed by atoms with Crippen LogP contribution in [0.5, 0.6) is 0 Å². The van der Waals surface area contributed by atoms with Gasteiger partial charge in [-0.2, -0.15) is 0 Å². The topological polar surface area (TPSA) is 105 Å². The molecule has 0 heterocycles. The lowest BCUT2D eigenvalue weighted by Gasteiger charge is -2.17. The lowest BCUT2D eigenvalue weighted by atomic mass is 9.89. The normalized spacial score (nSPS) is 11.3. The molecule has 0 aromatic heterocycles. The van der Waals surface area contributed by atoms with Crippen LogP contribution in [0.2, 0.25) is 0 Å². The van der Waals surface area contributed by atoms with E-state index in [1.54, 1.807) is 0 Å². The summed E-state index contributed by atoms with van der Waals surface area (Å²) in [7, 11) is 0. The van der Waals surface area contributed by atoms with Crippen molar-refractivity contribution in [1.29, 1.82) is 0 Å². The molecule has 0 saturated heterocycles. The highest BCUT2D eigenvalue weighted by molar-refractivity contribution is 5.96. The highest BCUT2D eigenvalue weighted by Gasteiger charge is 2.30. The van der Waals surface area contributed by atoms with Gasteiger partial charge in [0.25, 0.3) is 0 Å². The molecular weight excluding hydrogens is 276 g/mol. The highest BCUT2D eigenvalue weighted by Crippen LogP contribution is 2.19. The average Bonchev–Trinajstić information content (AvgIpc) is 2.31. The number of hydrogen-bond acceptors (Lipinski definition) is 4. The number of rotatable bonds is 9. The molecule has 7 heteroatoms. The van der Waals surface area contributed by atoms with Gasteiger partial charge in [-0.25, -0.2) is 4.79 Å². The Kier molecular flexibility index (Phi) is 8.61. The first kappa shape index (κ1) is 19.4. The van der Waals surface area contributed by atoms with E-state index in [4.69, 9.17) is 9.84 Å². The number of nitrogens with one attached hydrogen (secondary N) is 2. The van der Waals surface area contributed by atoms with Gasteiger partial charge in [-0.1, -0.05) is 0 Å². The van der Waals surface area contributed by atoms with Crippen LogP contribution < -0.4 is 10.6 Å². The second-order valence-electron chi connectivity index (χ2n) is 5.80. The number of carbonyl (C=O) groups is 3. The van der Waals surface area contributed by atoms with Crippen LogP contribution in [0.4, 0.5) is 4.79 Å². The summed E-state index contributed by atoms with van der Waals surface area (Å²) in [4.78, 5) is 33.8. The average molecular weight is 302 g/mol. The number of urea groups is 1. The summed E-state index contributed by atoms with van der Waals surface area (Å²) in [5.41, 5.74) is -1.20. The van der Waals surface area contributed by atoms with E-state index in [-0.39, 0.29) is 12.5 Å². The number of carbonyl (C=O) groups excluding carboxylic acids is 2. The smallest absolute Gasteiger partial charge is 0.321 e. The minimum absolute atomic E-state index is 0.191. The Balaban J connectivity index is 3.80. The van der Waals surface area contributed by atoms with Crippen LogP contribution in [0.3, 0.4) is 0 Å². The molecule has 0 radical (unpaired) electrons. The van der Waals surface area contributed by atoms with E-state index in [2.05, 4.69) is 10.6 Å². The fourth-order valence-electron chi connectivity index (χ4n) is 1.44. The molecule has 0 saturated carbocycles. The number of hydrogen-bond donors (Lipinski definition) is 3. The molecule has 0 aliphatic rings. The third-order valence-corrected chi connectivity index (χ3v) is 2.74. The molecular formula is C14H26N2O5. The van der Waals surface area contributed by atoms with Crippen molar-refractivity contribution in [3.05, 3.63) is 0 Å². The van der Waals surface area contributed by atoms with Gasteiger partial charge in [0.2, 0.25) is 5.91 Å². The third-order valence-electron chi connectivity index (χ3n) is 2.74. The molecule has 0 bridgehead atoms. The van der Waals surface area contributed by atoms with Gasteiger partial charge in [0.05, 0.1) is 11.5 Å². The first-order valence-electron chi connectivity index (χ1n) is 7.08. The van der Waals surface area contributed by atoms with Gasteiger partial charge >= 0.3 is 12.0 Å². The van der Waals surface area contributed by atoms with Crippen molar-refractivity contribution in [3.63, 3.8) is 0 Å². The summed E-state index contributed by atoms with van der Waals surface area (Å²) >= 11 is 0. The SMILES string of the molecule is CC(C)OCCCCNC(=O)NC(=O)CC(C)(C)C(=O)O. The summed E-state index contributed by atoms with van der Waals surface area (Å²) in [5, 5.41) is 13.6. The minimum Gasteiger partial charge on any atom is -0.481 e. The van der Waals surface area contributed by atoms with Crippen molar-refractivity contribution in [2.24, 2.45) is 5.41 Å². The number of carboxylic acid groups (broad SMARTS) is 1. The Morgan fingerprint density at radius 1 is 1.19 bits per heavy atom. The molecule has 122 valence electrons. The summed E-state index contributed by atoms with van der Waals surface area (Å²) in [6, 6.07) is -0.606. The number of carboxylic acids is 1. The van der Waals surface area contributed by atoms with Crippen molar-refractivity contribution in [3.8, 4) is 0 Å². The van der Waals surface area contributed by atoms with Crippen LogP contribution in [-0.2, 0) is 14.3 Å². The van der Waals surface area contributed by atoms with Crippen molar-refractivity contribution < 1.29 is 24.2 Å². The molecule has 0 aliphatic carbocycles. The number of amides is 3. The quantitative estimate of drug-likeness (QED) is 0.560. The van der Waals surface area contributed by atoms with Crippen molar-refractivity contribution in [2.75, 3.05) is 13.2 Å². The van der Waals surface area contributed by atoms with Gasteiger partial charge in [0, 0.05) is 19.6 Å². The van der Waals surface area contributed by atoms with Crippen molar-refractivity contribution in [2.45, 2.75) is 53.1 Å². The van der Waals surface area contributed by atoms with Gasteiger partial charge in [-0.3, -0.25) is 14.9 Å². The Labute approximate surface area is 125 Å². The molecule has 0 aliphatic heterocycles. The Morgan fingerprint density at radius 3 is 2.33 bits per heavy atom. The van der Waals surface area contributed by atoms with Crippen LogP contribution >= 0.6 is 0 Å². The van der Waals surface area contributed by atoms with E-state index >= 15 is 0 Å². The van der Waals surface area contributed by atoms with E-state index in [1.807, 2.05) is 13.8 Å². The fourth-order valence-corrected chi connectivity index (χ4v) is 1.44. The summed E-state index contributed by atoms with van der Waals surface area (Å²) in [5.74, 6) is -1.69. The maximum atomic E-state index is 11.5. The molecule has 0 fully saturated rings. The van der Waals surface area contributed by atoms with Gasteiger partial charge in [0.1, 0.15) is 0 Å². The Morgan fingerprint density at radius 2 is 1.81 bits per heavy atom. The number of ether oxygens (including phenoxy) is 1. The second kappa shape index (κ2) is 9.33. The van der Waals surface area contributed by atoms with Gasteiger partial charge < -0.3 is 15.2 Å². The second-order valence-corrected chi connectivity index (χ2v) is 5.80. The molecule has 3 N–H and O–H groups in total. The van der Waals surface area contributed by atoms with Crippen molar-refractivity contribution >= 4 is 17.9 Å². The zero-order valence-corrected chi connectivity index (χ0v) is 13.2. The standard InChI is InChI=1S/C14H26N2O5/c1-10(2)21-8-6-5-7-15-13(20)16-11(17)9-14(3,4)12(18)19/h10H,5-9H2,1-4H3,(H,18,19)(H2,15,16,17,20). The van der Waals surface area contributed by atoms with E-state index < -0.39 is 23.3 Å². The molecule has 0 aromatic carbocycles. The van der Waals surface area contributed by atoms with Gasteiger partial charge in [-0.15, -0.1) is 0 Å². The Bertz CT molecular complexity index is 366. The lowest BCUT2D eigenvalue weighted by molar-refractivity contribution is -0.149. The molecule has 7 nitrogen and oxygen atoms in total. The molecule has 0 rings (SSSR count). The molecule has 0 aromatic rings. The predicted molar refractivity (Wildman–Crippen MR) is 77.9 cm³/mol. The molecule has 3 amide bonds. The van der Waals surface area contributed by atoms with Crippen LogP contribution in [-0.4, -0.2) is 42.3 Å². The van der Waals surface area contributed by atoms with Crippen LogP contribution in [0.25, 0.3) is 0 Å². The van der Waals surface area contributed by atoms with Crippen LogP contribution in [0.1, 0.15) is 47.0 Å². The summed E-state index contributed by atoms with van der Waals surface area (Å²) in [6.45, 7) is 7.84. The lowest BCUT2D eigenvalue weighted by Crippen LogP contribution is -2.42. The predicted octanol–water partition coefficient (Wildman–Crippen LogP) is 1.52. The zero-order chi connectivity index (χ0) is 16.5. The van der Waals surface area contributed by atoms with Gasteiger partial charge in [-0.05, 0) is 40.5 Å². The third kappa shape index (κ3) is 9.84. The van der Waals surface area contributed by atoms with E-state index in [0.717, 1.165) is 12.8 Å². The molecule has 0 unspecified atom stereocenters. The fraction of sp³-hybridized carbons (Fsp3) is 0.786. The molecule has 21 heavy (non-hydrogen) atoms. The first-order valence-corrected chi connectivity index (χ1v) is 7.08. The van der Waals surface area contributed by atoms with Gasteiger partial charge in [0.15, 0.2) is 0 Å². The van der Waals surface area contributed by atoms with Crippen LogP contribution in [0, 0.1) is 5.41 Å². The Hall–Kier alpha value is -1.63. The van der Waals surface area contributed by atoms with Crippen molar-refractivity contribution in [1.82, 2.24) is 10.6 Å². The highest BCUT2D eigenvalue weighted by atomic mass is 16.5. The minimum atomic E-state index is -1.20. The monoisotopic (exact) mass is 302 g/mol. The number of imide groups is 1. The van der Waals surface area contributed by atoms with Crippen LogP contribution in [0.15, 0.2) is 0 Å². The van der Waals surface area contributed by atoms with E-state index in [9.17, 15) is 14.4 Å². The maximum absolute atomic E-state index is 11.5. The number of aliphatic carboxylic acids is 1. The summed E-state index contributed by atoms with van der Waals surface area (Å²) in [6.07, 6.45) is 1.50. The largest absolute Gasteiger partial charge is 0.481 e. The maximum Gasteiger partial charge on any atom is 0.321 e. The summed E-state index contributed by atoms with van der Waals surface area (Å²) < 4.78 is 5.35.